The lowest BCUT2D eigenvalue weighted by atomic mass is 10.0. The Kier molecular flexibility index (Phi) is 6.54. The summed E-state index contributed by atoms with van der Waals surface area (Å²) in [6.07, 6.45) is 0.971. The van der Waals surface area contributed by atoms with E-state index in [1.807, 2.05) is 50.2 Å². The number of benzene rings is 2. The second-order valence-electron chi connectivity index (χ2n) is 7.69. The molecule has 0 saturated heterocycles. The van der Waals surface area contributed by atoms with E-state index in [4.69, 9.17) is 14.2 Å². The van der Waals surface area contributed by atoms with Crippen molar-refractivity contribution in [1.29, 1.82) is 0 Å². The van der Waals surface area contributed by atoms with Crippen molar-refractivity contribution in [1.82, 2.24) is 0 Å². The first-order valence-corrected chi connectivity index (χ1v) is 9.71. The summed E-state index contributed by atoms with van der Waals surface area (Å²) < 4.78 is 16.3. The molecule has 0 aromatic heterocycles. The van der Waals surface area contributed by atoms with E-state index in [1.54, 1.807) is 12.1 Å². The molecule has 0 aliphatic carbocycles. The number of methoxy groups -OCH3 is 1. The molecule has 1 N–H and O–H groups in total. The number of ether oxygens (including phenoxy) is 3. The number of rotatable bonds is 8. The van der Waals surface area contributed by atoms with Crippen LogP contribution in [0.15, 0.2) is 48.5 Å². The summed E-state index contributed by atoms with van der Waals surface area (Å²) in [5.41, 5.74) is 2.47. The van der Waals surface area contributed by atoms with Gasteiger partial charge in [0.05, 0.1) is 25.9 Å². The predicted octanol–water partition coefficient (Wildman–Crippen LogP) is 3.74. The fraction of sp³-hybridized carbons (Fsp3) is 0.391. The molecule has 3 rings (SSSR count). The molecule has 0 bridgehead atoms. The van der Waals surface area contributed by atoms with Crippen molar-refractivity contribution in [3.8, 4) is 0 Å². The first kappa shape index (κ1) is 20.9. The van der Waals surface area contributed by atoms with Gasteiger partial charge in [-0.25, -0.2) is 9.59 Å². The van der Waals surface area contributed by atoms with Gasteiger partial charge >= 0.3 is 11.9 Å². The van der Waals surface area contributed by atoms with Crippen molar-refractivity contribution < 1.29 is 23.8 Å². The van der Waals surface area contributed by atoms with Gasteiger partial charge in [0.2, 0.25) is 0 Å². The molecule has 0 spiro atoms. The molecule has 2 aromatic rings. The number of hydrogen-bond donors (Lipinski definition) is 1. The molecule has 2 aromatic carbocycles. The molecule has 0 amide bonds. The molecule has 0 fully saturated rings. The molecular formula is C23H27NO5. The Labute approximate surface area is 171 Å². The molecule has 0 radical (unpaired) electrons. The standard InChI is InChI=1S/C23H27NO5/c1-23(2,12-13-28-15-16-8-5-4-6-9-16)29-22(26)20-14-18-17(21(25)27-3)10-7-11-19(18)24-20/h4-11,20,24H,12-15H2,1-3H3. The van der Waals surface area contributed by atoms with E-state index in [1.165, 1.54) is 7.11 Å². The molecule has 1 atom stereocenters. The monoisotopic (exact) mass is 397 g/mol. The number of anilines is 1. The van der Waals surface area contributed by atoms with Gasteiger partial charge in [0.1, 0.15) is 11.6 Å². The number of carbonyl (C=O) groups is 2. The van der Waals surface area contributed by atoms with Crippen molar-refractivity contribution >= 4 is 17.6 Å². The van der Waals surface area contributed by atoms with E-state index in [0.29, 0.717) is 31.6 Å². The van der Waals surface area contributed by atoms with Gasteiger partial charge in [-0.1, -0.05) is 36.4 Å². The number of nitrogens with one attached hydrogen (secondary N) is 1. The highest BCUT2D eigenvalue weighted by Gasteiger charge is 2.34. The minimum atomic E-state index is -0.657. The SMILES string of the molecule is COC(=O)c1cccc2c1CC(C(=O)OC(C)(C)CCOCc1ccccc1)N2. The van der Waals surface area contributed by atoms with Crippen LogP contribution in [0.1, 0.15) is 41.8 Å². The summed E-state index contributed by atoms with van der Waals surface area (Å²) in [5.74, 6) is -0.751. The third-order valence-corrected chi connectivity index (χ3v) is 4.94. The molecule has 1 unspecified atom stereocenters. The Hall–Kier alpha value is -2.86. The summed E-state index contributed by atoms with van der Waals surface area (Å²) in [6.45, 7) is 4.76. The lowest BCUT2D eigenvalue weighted by Gasteiger charge is -2.26. The smallest absolute Gasteiger partial charge is 0.338 e. The van der Waals surface area contributed by atoms with Crippen LogP contribution in [0.25, 0.3) is 0 Å². The highest BCUT2D eigenvalue weighted by atomic mass is 16.6. The van der Waals surface area contributed by atoms with Crippen LogP contribution in [0.3, 0.4) is 0 Å². The molecule has 0 saturated carbocycles. The largest absolute Gasteiger partial charge is 0.465 e. The Morgan fingerprint density at radius 2 is 1.86 bits per heavy atom. The van der Waals surface area contributed by atoms with E-state index in [0.717, 1.165) is 16.8 Å². The van der Waals surface area contributed by atoms with E-state index in [-0.39, 0.29) is 5.97 Å². The Morgan fingerprint density at radius 1 is 1.10 bits per heavy atom. The van der Waals surface area contributed by atoms with E-state index in [9.17, 15) is 9.59 Å². The Balaban J connectivity index is 1.51. The fourth-order valence-corrected chi connectivity index (χ4v) is 3.30. The Morgan fingerprint density at radius 3 is 2.59 bits per heavy atom. The second-order valence-corrected chi connectivity index (χ2v) is 7.69. The topological polar surface area (TPSA) is 73.9 Å². The lowest BCUT2D eigenvalue weighted by molar-refractivity contribution is -0.158. The van der Waals surface area contributed by atoms with Crippen molar-refractivity contribution in [3.63, 3.8) is 0 Å². The van der Waals surface area contributed by atoms with Gasteiger partial charge in [-0.05, 0) is 37.1 Å². The maximum atomic E-state index is 12.7. The maximum Gasteiger partial charge on any atom is 0.338 e. The van der Waals surface area contributed by atoms with Crippen molar-refractivity contribution in [2.45, 2.75) is 44.9 Å². The van der Waals surface area contributed by atoms with Gasteiger partial charge in [0.25, 0.3) is 0 Å². The molecule has 1 aliphatic rings. The van der Waals surface area contributed by atoms with Crippen LogP contribution in [0.4, 0.5) is 5.69 Å². The fourth-order valence-electron chi connectivity index (χ4n) is 3.30. The van der Waals surface area contributed by atoms with Crippen LogP contribution in [0.5, 0.6) is 0 Å². The van der Waals surface area contributed by atoms with Gasteiger partial charge in [-0.15, -0.1) is 0 Å². The molecule has 1 heterocycles. The minimum Gasteiger partial charge on any atom is -0.465 e. The quantitative estimate of drug-likeness (QED) is 0.540. The molecular weight excluding hydrogens is 370 g/mol. The van der Waals surface area contributed by atoms with Gasteiger partial charge < -0.3 is 19.5 Å². The minimum absolute atomic E-state index is 0.343. The third-order valence-electron chi connectivity index (χ3n) is 4.94. The summed E-state index contributed by atoms with van der Waals surface area (Å²) in [5, 5.41) is 3.15. The summed E-state index contributed by atoms with van der Waals surface area (Å²) in [4.78, 5) is 24.6. The molecule has 29 heavy (non-hydrogen) atoms. The van der Waals surface area contributed by atoms with Gasteiger partial charge in [0, 0.05) is 18.5 Å². The Bertz CT molecular complexity index is 863. The van der Waals surface area contributed by atoms with Crippen molar-refractivity contribution in [3.05, 3.63) is 65.2 Å². The number of carbonyl (C=O) groups excluding carboxylic acids is 2. The number of fused-ring (bicyclic) bond motifs is 1. The molecule has 6 heteroatoms. The normalized spacial score (nSPS) is 15.3. The van der Waals surface area contributed by atoms with Crippen molar-refractivity contribution in [2.75, 3.05) is 19.0 Å². The van der Waals surface area contributed by atoms with Crippen LogP contribution >= 0.6 is 0 Å². The average molecular weight is 397 g/mol. The zero-order chi connectivity index (χ0) is 20.9. The lowest BCUT2D eigenvalue weighted by Crippen LogP contribution is -2.37. The second kappa shape index (κ2) is 9.09. The van der Waals surface area contributed by atoms with Gasteiger partial charge in [0.15, 0.2) is 0 Å². The van der Waals surface area contributed by atoms with Crippen LogP contribution in [-0.2, 0) is 32.0 Å². The first-order chi connectivity index (χ1) is 13.9. The van der Waals surface area contributed by atoms with E-state index >= 15 is 0 Å². The average Bonchev–Trinajstić information content (AvgIpc) is 3.16. The van der Waals surface area contributed by atoms with Crippen LogP contribution < -0.4 is 5.32 Å². The summed E-state index contributed by atoms with van der Waals surface area (Å²) in [6, 6.07) is 14.7. The van der Waals surface area contributed by atoms with Crippen molar-refractivity contribution in [2.24, 2.45) is 0 Å². The number of esters is 2. The van der Waals surface area contributed by atoms with Crippen LogP contribution in [0, 0.1) is 0 Å². The molecule has 154 valence electrons. The molecule has 6 nitrogen and oxygen atoms in total. The van der Waals surface area contributed by atoms with E-state index in [2.05, 4.69) is 5.32 Å². The summed E-state index contributed by atoms with van der Waals surface area (Å²) in [7, 11) is 1.35. The summed E-state index contributed by atoms with van der Waals surface area (Å²) >= 11 is 0. The highest BCUT2D eigenvalue weighted by molar-refractivity contribution is 5.95. The first-order valence-electron chi connectivity index (χ1n) is 9.71. The third kappa shape index (κ3) is 5.35. The van der Waals surface area contributed by atoms with Crippen LogP contribution in [-0.4, -0.2) is 37.3 Å². The maximum absolute atomic E-state index is 12.7. The van der Waals surface area contributed by atoms with Gasteiger partial charge in [-0.3, -0.25) is 0 Å². The van der Waals surface area contributed by atoms with Gasteiger partial charge in [-0.2, -0.15) is 0 Å². The van der Waals surface area contributed by atoms with Crippen LogP contribution in [0.2, 0.25) is 0 Å². The highest BCUT2D eigenvalue weighted by Crippen LogP contribution is 2.30. The predicted molar refractivity (Wildman–Crippen MR) is 110 cm³/mol. The zero-order valence-electron chi connectivity index (χ0n) is 17.1. The molecule has 1 aliphatic heterocycles. The zero-order valence-corrected chi connectivity index (χ0v) is 17.1. The van der Waals surface area contributed by atoms with E-state index < -0.39 is 17.6 Å². The number of hydrogen-bond acceptors (Lipinski definition) is 6.